The van der Waals surface area contributed by atoms with E-state index in [1.165, 1.54) is 4.57 Å². The molecule has 0 atom stereocenters. The van der Waals surface area contributed by atoms with Gasteiger partial charge in [0.05, 0.1) is 18.8 Å². The second kappa shape index (κ2) is 7.75. The van der Waals surface area contributed by atoms with Crippen molar-refractivity contribution < 1.29 is 9.59 Å². The predicted octanol–water partition coefficient (Wildman–Crippen LogP) is -0.471. The van der Waals surface area contributed by atoms with E-state index < -0.39 is 0 Å². The quantitative estimate of drug-likeness (QED) is 0.766. The molecule has 0 spiro atoms. The summed E-state index contributed by atoms with van der Waals surface area (Å²) in [5.74, 6) is -0.533. The van der Waals surface area contributed by atoms with Gasteiger partial charge >= 0.3 is 0 Å². The van der Waals surface area contributed by atoms with Gasteiger partial charge in [-0.25, -0.2) is 0 Å². The molecule has 1 aliphatic heterocycles. The highest BCUT2D eigenvalue weighted by Gasteiger charge is 2.26. The summed E-state index contributed by atoms with van der Waals surface area (Å²) in [6.45, 7) is 2.52. The van der Waals surface area contributed by atoms with Crippen LogP contribution in [0, 0.1) is 0 Å². The van der Waals surface area contributed by atoms with Crippen LogP contribution in [0.15, 0.2) is 29.2 Å². The van der Waals surface area contributed by atoms with Gasteiger partial charge in [-0.15, -0.1) is 0 Å². The zero-order valence-electron chi connectivity index (χ0n) is 15.8. The maximum atomic E-state index is 12.7. The van der Waals surface area contributed by atoms with Gasteiger partial charge in [0, 0.05) is 32.9 Å². The summed E-state index contributed by atoms with van der Waals surface area (Å²) in [7, 11) is 5.49. The van der Waals surface area contributed by atoms with Gasteiger partial charge in [0.25, 0.3) is 17.4 Å². The molecule has 1 aliphatic rings. The number of nitrogens with one attached hydrogen (secondary N) is 1. The summed E-state index contributed by atoms with van der Waals surface area (Å²) in [6, 6.07) is 4.92. The van der Waals surface area contributed by atoms with E-state index in [1.807, 2.05) is 19.0 Å². The summed E-state index contributed by atoms with van der Waals surface area (Å²) in [6.07, 6.45) is 1.62. The van der Waals surface area contributed by atoms with Gasteiger partial charge in [0.15, 0.2) is 5.69 Å². The first-order chi connectivity index (χ1) is 12.9. The van der Waals surface area contributed by atoms with Crippen molar-refractivity contribution in [2.75, 3.05) is 33.7 Å². The smallest absolute Gasteiger partial charge is 0.271 e. The van der Waals surface area contributed by atoms with Crippen molar-refractivity contribution in [1.82, 2.24) is 29.5 Å². The Hall–Kier alpha value is -2.94. The van der Waals surface area contributed by atoms with Gasteiger partial charge in [-0.1, -0.05) is 0 Å². The molecule has 9 heteroatoms. The van der Waals surface area contributed by atoms with Crippen molar-refractivity contribution in [3.63, 3.8) is 0 Å². The minimum Gasteiger partial charge on any atom is -0.349 e. The number of hydrogen-bond donors (Lipinski definition) is 1. The van der Waals surface area contributed by atoms with Crippen LogP contribution in [0.4, 0.5) is 0 Å². The van der Waals surface area contributed by atoms with E-state index in [1.54, 1.807) is 41.0 Å². The van der Waals surface area contributed by atoms with E-state index in [-0.39, 0.29) is 22.9 Å². The Bertz CT molecular complexity index is 914. The third-order valence-electron chi connectivity index (χ3n) is 4.52. The van der Waals surface area contributed by atoms with E-state index in [2.05, 4.69) is 10.4 Å². The first-order valence-electron chi connectivity index (χ1n) is 8.81. The number of aromatic nitrogens is 3. The normalized spacial score (nSPS) is 13.6. The van der Waals surface area contributed by atoms with E-state index in [0.29, 0.717) is 31.9 Å². The summed E-state index contributed by atoms with van der Waals surface area (Å²) >= 11 is 0. The van der Waals surface area contributed by atoms with Crippen LogP contribution in [0.5, 0.6) is 0 Å². The second-order valence-electron chi connectivity index (χ2n) is 6.87. The molecule has 144 valence electrons. The molecule has 1 N–H and O–H groups in total. The summed E-state index contributed by atoms with van der Waals surface area (Å²) in [5.41, 5.74) is 0.950. The molecule has 0 fully saturated rings. The molecule has 0 saturated heterocycles. The van der Waals surface area contributed by atoms with E-state index >= 15 is 0 Å². The van der Waals surface area contributed by atoms with Crippen LogP contribution < -0.4 is 10.9 Å². The van der Waals surface area contributed by atoms with E-state index in [4.69, 9.17) is 0 Å². The molecule has 0 bridgehead atoms. The van der Waals surface area contributed by atoms with Crippen molar-refractivity contribution in [3.8, 4) is 0 Å². The molecular weight excluding hydrogens is 348 g/mol. The lowest BCUT2D eigenvalue weighted by Gasteiger charge is -2.27. The molecule has 2 aromatic rings. The number of carbonyl (C=O) groups is 2. The summed E-state index contributed by atoms with van der Waals surface area (Å²) in [4.78, 5) is 40.7. The van der Waals surface area contributed by atoms with Crippen LogP contribution >= 0.6 is 0 Å². The fourth-order valence-corrected chi connectivity index (χ4v) is 2.96. The van der Waals surface area contributed by atoms with Gasteiger partial charge in [-0.05, 0) is 32.3 Å². The Balaban J connectivity index is 1.70. The third kappa shape index (κ3) is 4.08. The van der Waals surface area contributed by atoms with Crippen LogP contribution in [0.2, 0.25) is 0 Å². The third-order valence-corrected chi connectivity index (χ3v) is 4.52. The Morgan fingerprint density at radius 2 is 2.07 bits per heavy atom. The Morgan fingerprint density at radius 1 is 1.30 bits per heavy atom. The van der Waals surface area contributed by atoms with Crippen molar-refractivity contribution in [1.29, 1.82) is 0 Å². The number of nitrogens with zero attached hydrogens (tertiary/aromatic N) is 5. The van der Waals surface area contributed by atoms with Crippen molar-refractivity contribution in [3.05, 3.63) is 51.7 Å². The van der Waals surface area contributed by atoms with Crippen LogP contribution in [0.25, 0.3) is 0 Å². The van der Waals surface area contributed by atoms with E-state index in [0.717, 1.165) is 12.2 Å². The van der Waals surface area contributed by atoms with Crippen molar-refractivity contribution in [2.24, 2.45) is 7.05 Å². The number of rotatable bonds is 5. The molecule has 0 aliphatic carbocycles. The highest BCUT2D eigenvalue weighted by Crippen LogP contribution is 2.15. The molecule has 9 nitrogen and oxygen atoms in total. The van der Waals surface area contributed by atoms with Gasteiger partial charge in [-0.3, -0.25) is 19.1 Å². The van der Waals surface area contributed by atoms with Gasteiger partial charge in [0.2, 0.25) is 0 Å². The van der Waals surface area contributed by atoms with E-state index in [9.17, 15) is 14.4 Å². The summed E-state index contributed by atoms with van der Waals surface area (Å²) < 4.78 is 3.13. The molecule has 2 aromatic heterocycles. The zero-order chi connectivity index (χ0) is 19.6. The standard InChI is InChI=1S/C18H24N6O3/c1-21(2)8-6-19-16(25)15-11-13-12-23(9-10-24(13)20-15)18(27)14-5-4-7-22(3)17(14)26/h4-5,7,11H,6,8-10,12H2,1-3H3,(H,19,25). The van der Waals surface area contributed by atoms with Gasteiger partial charge in [-0.2, -0.15) is 5.10 Å². The SMILES string of the molecule is CN(C)CCNC(=O)c1cc2n(n1)CCN(C(=O)c1cccn(C)c1=O)C2. The number of likely N-dealkylation sites (N-methyl/N-ethyl adjacent to an activating group) is 1. The van der Waals surface area contributed by atoms with Crippen LogP contribution in [-0.4, -0.2) is 69.7 Å². The van der Waals surface area contributed by atoms with Gasteiger partial charge in [0.1, 0.15) is 5.56 Å². The first kappa shape index (κ1) is 18.8. The molecule has 27 heavy (non-hydrogen) atoms. The molecule has 0 radical (unpaired) electrons. The highest BCUT2D eigenvalue weighted by atomic mass is 16.2. The maximum absolute atomic E-state index is 12.7. The number of carbonyl (C=O) groups excluding carboxylic acids is 2. The number of aryl methyl sites for hydroxylation is 1. The summed E-state index contributed by atoms with van der Waals surface area (Å²) in [5, 5.41) is 7.17. The Morgan fingerprint density at radius 3 is 2.81 bits per heavy atom. The lowest BCUT2D eigenvalue weighted by molar-refractivity contribution is 0.0703. The largest absolute Gasteiger partial charge is 0.349 e. The van der Waals surface area contributed by atoms with Crippen LogP contribution in [0.1, 0.15) is 26.5 Å². The average Bonchev–Trinajstić information content (AvgIpc) is 3.06. The minimum absolute atomic E-state index is 0.148. The number of fused-ring (bicyclic) bond motifs is 1. The topological polar surface area (TPSA) is 92.5 Å². The van der Waals surface area contributed by atoms with Crippen molar-refractivity contribution in [2.45, 2.75) is 13.1 Å². The van der Waals surface area contributed by atoms with Crippen molar-refractivity contribution >= 4 is 11.8 Å². The zero-order valence-corrected chi connectivity index (χ0v) is 15.8. The minimum atomic E-state index is -0.317. The molecule has 0 saturated carbocycles. The fraction of sp³-hybridized carbons (Fsp3) is 0.444. The molecule has 3 rings (SSSR count). The first-order valence-corrected chi connectivity index (χ1v) is 8.81. The lowest BCUT2D eigenvalue weighted by Crippen LogP contribution is -2.41. The second-order valence-corrected chi connectivity index (χ2v) is 6.87. The number of amides is 2. The highest BCUT2D eigenvalue weighted by molar-refractivity contribution is 5.94. The predicted molar refractivity (Wildman–Crippen MR) is 99.5 cm³/mol. The Kier molecular flexibility index (Phi) is 5.41. The molecule has 2 amide bonds. The molecule has 3 heterocycles. The lowest BCUT2D eigenvalue weighted by atomic mass is 10.2. The van der Waals surface area contributed by atoms with Crippen LogP contribution in [-0.2, 0) is 20.1 Å². The number of hydrogen-bond acceptors (Lipinski definition) is 5. The molecular formula is C18H24N6O3. The fourth-order valence-electron chi connectivity index (χ4n) is 2.96. The molecule has 0 aromatic carbocycles. The van der Waals surface area contributed by atoms with Crippen LogP contribution in [0.3, 0.4) is 0 Å². The molecule has 0 unspecified atom stereocenters. The Labute approximate surface area is 157 Å². The maximum Gasteiger partial charge on any atom is 0.271 e. The average molecular weight is 372 g/mol. The van der Waals surface area contributed by atoms with Gasteiger partial charge < -0.3 is 19.7 Å². The number of pyridine rings is 1. The monoisotopic (exact) mass is 372 g/mol.